The number of hydrogen-bond acceptors (Lipinski definition) is 4. The van der Waals surface area contributed by atoms with Gasteiger partial charge in [0.1, 0.15) is 11.5 Å². The molecule has 1 amide bonds. The van der Waals surface area contributed by atoms with Crippen molar-refractivity contribution in [1.29, 1.82) is 0 Å². The Hall–Kier alpha value is -3.12. The first-order valence-corrected chi connectivity index (χ1v) is 7.96. The lowest BCUT2D eigenvalue weighted by atomic mass is 10.1. The van der Waals surface area contributed by atoms with Crippen molar-refractivity contribution in [3.05, 3.63) is 66.2 Å². The van der Waals surface area contributed by atoms with E-state index in [1.807, 2.05) is 18.2 Å². The van der Waals surface area contributed by atoms with E-state index in [9.17, 15) is 9.90 Å². The van der Waals surface area contributed by atoms with Crippen molar-refractivity contribution in [2.75, 3.05) is 12.4 Å². The molecule has 0 aromatic heterocycles. The maximum absolute atomic E-state index is 12.2. The van der Waals surface area contributed by atoms with Crippen molar-refractivity contribution in [3.63, 3.8) is 0 Å². The van der Waals surface area contributed by atoms with Crippen LogP contribution >= 0.6 is 12.2 Å². The van der Waals surface area contributed by atoms with E-state index in [-0.39, 0.29) is 16.8 Å². The van der Waals surface area contributed by atoms with Crippen LogP contribution < -0.4 is 15.4 Å². The van der Waals surface area contributed by atoms with Gasteiger partial charge in [-0.1, -0.05) is 24.3 Å². The molecule has 3 aromatic rings. The molecule has 0 heterocycles. The molecule has 0 radical (unpaired) electrons. The second-order valence-electron chi connectivity index (χ2n) is 5.31. The lowest BCUT2D eigenvalue weighted by molar-refractivity contribution is 0.0977. The summed E-state index contributed by atoms with van der Waals surface area (Å²) in [6.45, 7) is 0. The third-order valence-corrected chi connectivity index (χ3v) is 3.93. The van der Waals surface area contributed by atoms with Crippen LogP contribution in [0.3, 0.4) is 0 Å². The molecule has 0 unspecified atom stereocenters. The average molecular weight is 352 g/mol. The second-order valence-corrected chi connectivity index (χ2v) is 5.72. The van der Waals surface area contributed by atoms with Crippen LogP contribution in [0, 0.1) is 0 Å². The van der Waals surface area contributed by atoms with Crippen LogP contribution in [0.2, 0.25) is 0 Å². The van der Waals surface area contributed by atoms with Gasteiger partial charge in [-0.05, 0) is 48.6 Å². The number of carbonyl (C=O) groups is 1. The van der Waals surface area contributed by atoms with E-state index in [0.717, 1.165) is 5.39 Å². The Morgan fingerprint density at radius 2 is 1.68 bits per heavy atom. The molecule has 6 heteroatoms. The van der Waals surface area contributed by atoms with Gasteiger partial charge in [0.05, 0.1) is 7.11 Å². The number of fused-ring (bicyclic) bond motifs is 1. The molecule has 5 nitrogen and oxygen atoms in total. The summed E-state index contributed by atoms with van der Waals surface area (Å²) in [5.41, 5.74) is 1.17. The Morgan fingerprint density at radius 1 is 1.00 bits per heavy atom. The average Bonchev–Trinajstić information content (AvgIpc) is 2.62. The highest BCUT2D eigenvalue weighted by Crippen LogP contribution is 2.29. The molecule has 3 N–H and O–H groups in total. The first-order valence-electron chi connectivity index (χ1n) is 7.55. The predicted molar refractivity (Wildman–Crippen MR) is 102 cm³/mol. The van der Waals surface area contributed by atoms with Gasteiger partial charge in [-0.3, -0.25) is 10.1 Å². The summed E-state index contributed by atoms with van der Waals surface area (Å²) in [4.78, 5) is 12.2. The van der Waals surface area contributed by atoms with Crippen LogP contribution in [-0.4, -0.2) is 23.2 Å². The smallest absolute Gasteiger partial charge is 0.257 e. The number of nitrogens with one attached hydrogen (secondary N) is 2. The van der Waals surface area contributed by atoms with Gasteiger partial charge in [-0.15, -0.1) is 0 Å². The van der Waals surface area contributed by atoms with Crippen molar-refractivity contribution in [2.24, 2.45) is 0 Å². The summed E-state index contributed by atoms with van der Waals surface area (Å²) in [5.74, 6) is 0.547. The number of rotatable bonds is 3. The van der Waals surface area contributed by atoms with Crippen molar-refractivity contribution < 1.29 is 14.6 Å². The lowest BCUT2D eigenvalue weighted by Crippen LogP contribution is -2.34. The van der Waals surface area contributed by atoms with Crippen molar-refractivity contribution >= 4 is 39.7 Å². The number of ether oxygens (including phenoxy) is 1. The third-order valence-electron chi connectivity index (χ3n) is 3.73. The van der Waals surface area contributed by atoms with Crippen LogP contribution in [0.25, 0.3) is 10.8 Å². The Kier molecular flexibility index (Phi) is 4.81. The minimum atomic E-state index is -0.316. The molecule has 126 valence electrons. The third kappa shape index (κ3) is 3.70. The molecule has 3 aromatic carbocycles. The van der Waals surface area contributed by atoms with Gasteiger partial charge in [-0.2, -0.15) is 0 Å². The largest absolute Gasteiger partial charge is 0.507 e. The molecule has 0 aliphatic rings. The zero-order valence-electron chi connectivity index (χ0n) is 13.4. The number of thiocarbonyl (C=S) groups is 1. The van der Waals surface area contributed by atoms with Crippen LogP contribution in [0.15, 0.2) is 60.7 Å². The number of anilines is 1. The van der Waals surface area contributed by atoms with Crippen molar-refractivity contribution in [2.45, 2.75) is 0 Å². The quantitative estimate of drug-likeness (QED) is 0.627. The second kappa shape index (κ2) is 7.19. The SMILES string of the molecule is COc1ccc(C(=O)NC(=S)Nc2cccc3c(O)cccc23)cc1. The molecule has 25 heavy (non-hydrogen) atoms. The molecule has 0 atom stereocenters. The van der Waals surface area contributed by atoms with E-state index in [4.69, 9.17) is 17.0 Å². The van der Waals surface area contributed by atoms with E-state index in [2.05, 4.69) is 10.6 Å². The molecule has 0 aliphatic heterocycles. The Bertz CT molecular complexity index is 939. The van der Waals surface area contributed by atoms with E-state index < -0.39 is 0 Å². The summed E-state index contributed by atoms with van der Waals surface area (Å²) in [5, 5.41) is 17.3. The minimum Gasteiger partial charge on any atom is -0.507 e. The number of phenols is 1. The van der Waals surface area contributed by atoms with E-state index in [0.29, 0.717) is 22.4 Å². The first kappa shape index (κ1) is 16.7. The van der Waals surface area contributed by atoms with Crippen LogP contribution in [-0.2, 0) is 0 Å². The first-order chi connectivity index (χ1) is 12.1. The van der Waals surface area contributed by atoms with Gasteiger partial charge in [-0.25, -0.2) is 0 Å². The topological polar surface area (TPSA) is 70.6 Å². The molecule has 0 spiro atoms. The molecule has 0 aliphatic carbocycles. The number of aromatic hydroxyl groups is 1. The van der Waals surface area contributed by atoms with E-state index >= 15 is 0 Å². The van der Waals surface area contributed by atoms with Crippen molar-refractivity contribution in [3.8, 4) is 11.5 Å². The number of amides is 1. The fourth-order valence-electron chi connectivity index (χ4n) is 2.47. The highest BCUT2D eigenvalue weighted by Gasteiger charge is 2.10. The molecule has 0 saturated heterocycles. The summed E-state index contributed by atoms with van der Waals surface area (Å²) < 4.78 is 5.07. The Balaban J connectivity index is 1.74. The van der Waals surface area contributed by atoms with Crippen molar-refractivity contribution in [1.82, 2.24) is 5.32 Å². The van der Waals surface area contributed by atoms with Crippen LogP contribution in [0.5, 0.6) is 11.5 Å². The zero-order valence-corrected chi connectivity index (χ0v) is 14.3. The molecule has 0 bridgehead atoms. The maximum Gasteiger partial charge on any atom is 0.257 e. The fraction of sp³-hybridized carbons (Fsp3) is 0.0526. The van der Waals surface area contributed by atoms with Gasteiger partial charge in [0, 0.05) is 22.0 Å². The van der Waals surface area contributed by atoms with Gasteiger partial charge in [0.15, 0.2) is 5.11 Å². The predicted octanol–water partition coefficient (Wildman–Crippen LogP) is 3.68. The summed E-state index contributed by atoms with van der Waals surface area (Å²) in [6, 6.07) is 17.4. The Morgan fingerprint density at radius 3 is 2.40 bits per heavy atom. The standard InChI is InChI=1S/C19H16N2O3S/c1-24-13-10-8-12(9-11-13)18(23)21-19(25)20-16-6-2-5-15-14(16)4-3-7-17(15)22/h2-11,22H,1H3,(H2,20,21,23,25). The number of phenolic OH excluding ortho intramolecular Hbond substituents is 1. The van der Waals surface area contributed by atoms with Gasteiger partial charge in [0.2, 0.25) is 0 Å². The summed E-state index contributed by atoms with van der Waals surface area (Å²) in [6.07, 6.45) is 0. The molecule has 0 saturated carbocycles. The molecular formula is C19H16N2O3S. The van der Waals surface area contributed by atoms with Gasteiger partial charge in [0.25, 0.3) is 5.91 Å². The number of methoxy groups -OCH3 is 1. The maximum atomic E-state index is 12.2. The molecule has 0 fully saturated rings. The molecular weight excluding hydrogens is 336 g/mol. The van der Waals surface area contributed by atoms with Gasteiger partial charge < -0.3 is 15.2 Å². The van der Waals surface area contributed by atoms with Crippen LogP contribution in [0.4, 0.5) is 5.69 Å². The summed E-state index contributed by atoms with van der Waals surface area (Å²) >= 11 is 5.23. The summed E-state index contributed by atoms with van der Waals surface area (Å²) in [7, 11) is 1.57. The lowest BCUT2D eigenvalue weighted by Gasteiger charge is -2.12. The normalized spacial score (nSPS) is 10.3. The van der Waals surface area contributed by atoms with E-state index in [1.54, 1.807) is 49.6 Å². The minimum absolute atomic E-state index is 0.177. The van der Waals surface area contributed by atoms with Gasteiger partial charge >= 0.3 is 0 Å². The zero-order chi connectivity index (χ0) is 17.8. The van der Waals surface area contributed by atoms with Crippen LogP contribution in [0.1, 0.15) is 10.4 Å². The molecule has 3 rings (SSSR count). The Labute approximate surface area is 150 Å². The number of hydrogen-bond donors (Lipinski definition) is 3. The van der Waals surface area contributed by atoms with E-state index in [1.165, 1.54) is 0 Å². The highest BCUT2D eigenvalue weighted by atomic mass is 32.1. The number of benzene rings is 3. The number of carbonyl (C=O) groups excluding carboxylic acids is 1. The monoisotopic (exact) mass is 352 g/mol. The highest BCUT2D eigenvalue weighted by molar-refractivity contribution is 7.80. The fourth-order valence-corrected chi connectivity index (χ4v) is 2.68.